The fourth-order valence-corrected chi connectivity index (χ4v) is 4.76. The van der Waals surface area contributed by atoms with Crippen LogP contribution in [0.15, 0.2) is 12.3 Å². The molecule has 0 radical (unpaired) electrons. The number of rotatable bonds is 4. The van der Waals surface area contributed by atoms with Gasteiger partial charge < -0.3 is 5.32 Å². The summed E-state index contributed by atoms with van der Waals surface area (Å²) in [6.07, 6.45) is 7.68. The Kier molecular flexibility index (Phi) is 4.49. The first kappa shape index (κ1) is 15.5. The third-order valence-electron chi connectivity index (χ3n) is 4.38. The molecule has 1 aromatic heterocycles. The molecule has 2 aliphatic rings. The van der Waals surface area contributed by atoms with Crippen LogP contribution in [0, 0.1) is 0 Å². The van der Waals surface area contributed by atoms with Gasteiger partial charge in [-0.2, -0.15) is 9.40 Å². The van der Waals surface area contributed by atoms with Crippen LogP contribution in [-0.4, -0.2) is 47.3 Å². The molecule has 3 rings (SSSR count). The normalized spacial score (nSPS) is 22.7. The SMILES string of the molecule is O=C(CN1CCCCS1(=O)=O)Nc1ccnn1C1CCCC1. The molecule has 0 unspecified atom stereocenters. The monoisotopic (exact) mass is 326 g/mol. The molecule has 0 bridgehead atoms. The van der Waals surface area contributed by atoms with Gasteiger partial charge in [-0.3, -0.25) is 4.79 Å². The Bertz CT molecular complexity index is 634. The van der Waals surface area contributed by atoms with E-state index in [0.717, 1.165) is 19.3 Å². The van der Waals surface area contributed by atoms with Crippen LogP contribution in [0.5, 0.6) is 0 Å². The van der Waals surface area contributed by atoms with Gasteiger partial charge in [-0.15, -0.1) is 0 Å². The summed E-state index contributed by atoms with van der Waals surface area (Å²) in [5.41, 5.74) is 0. The van der Waals surface area contributed by atoms with Gasteiger partial charge in [0, 0.05) is 12.6 Å². The fraction of sp³-hybridized carbons (Fsp3) is 0.714. The van der Waals surface area contributed by atoms with E-state index >= 15 is 0 Å². The van der Waals surface area contributed by atoms with Crippen LogP contribution < -0.4 is 5.32 Å². The molecule has 1 amide bonds. The Balaban J connectivity index is 1.63. The van der Waals surface area contributed by atoms with E-state index in [1.165, 1.54) is 17.1 Å². The molecule has 1 saturated heterocycles. The molecule has 2 fully saturated rings. The van der Waals surface area contributed by atoms with E-state index in [1.807, 2.05) is 4.68 Å². The largest absolute Gasteiger partial charge is 0.310 e. The molecule has 8 heteroatoms. The number of hydrogen-bond donors (Lipinski definition) is 1. The van der Waals surface area contributed by atoms with Crippen molar-refractivity contribution in [1.82, 2.24) is 14.1 Å². The number of aromatic nitrogens is 2. The van der Waals surface area contributed by atoms with E-state index < -0.39 is 10.0 Å². The zero-order valence-electron chi connectivity index (χ0n) is 12.6. The number of nitrogens with zero attached hydrogens (tertiary/aromatic N) is 3. The van der Waals surface area contributed by atoms with E-state index in [0.29, 0.717) is 24.8 Å². The zero-order chi connectivity index (χ0) is 15.6. The van der Waals surface area contributed by atoms with Crippen LogP contribution in [-0.2, 0) is 14.8 Å². The van der Waals surface area contributed by atoms with Gasteiger partial charge in [-0.25, -0.2) is 13.1 Å². The summed E-state index contributed by atoms with van der Waals surface area (Å²) in [7, 11) is -3.27. The van der Waals surface area contributed by atoms with Crippen molar-refractivity contribution < 1.29 is 13.2 Å². The Morgan fingerprint density at radius 2 is 2.05 bits per heavy atom. The van der Waals surface area contributed by atoms with Crippen molar-refractivity contribution >= 4 is 21.7 Å². The maximum atomic E-state index is 12.2. The van der Waals surface area contributed by atoms with Gasteiger partial charge in [-0.1, -0.05) is 12.8 Å². The lowest BCUT2D eigenvalue weighted by atomic mass is 10.2. The summed E-state index contributed by atoms with van der Waals surface area (Å²) in [4.78, 5) is 12.2. The molecule has 1 aromatic rings. The number of amides is 1. The van der Waals surface area contributed by atoms with Gasteiger partial charge in [0.15, 0.2) is 0 Å². The molecule has 0 aromatic carbocycles. The summed E-state index contributed by atoms with van der Waals surface area (Å²) >= 11 is 0. The van der Waals surface area contributed by atoms with Crippen LogP contribution in [0.3, 0.4) is 0 Å². The van der Waals surface area contributed by atoms with Crippen LogP contribution in [0.4, 0.5) is 5.82 Å². The summed E-state index contributed by atoms with van der Waals surface area (Å²) in [5, 5.41) is 7.10. The fourth-order valence-electron chi connectivity index (χ4n) is 3.21. The van der Waals surface area contributed by atoms with E-state index in [9.17, 15) is 13.2 Å². The van der Waals surface area contributed by atoms with Crippen molar-refractivity contribution in [2.24, 2.45) is 0 Å². The standard InChI is InChI=1S/C14H22N4O3S/c19-14(11-17-9-3-4-10-22(17,20)21)16-13-7-8-15-18(13)12-5-1-2-6-12/h7-8,12H,1-6,9-11H2,(H,16,19). The second-order valence-corrected chi connectivity index (χ2v) is 8.09. The van der Waals surface area contributed by atoms with E-state index in [-0.39, 0.29) is 18.2 Å². The topological polar surface area (TPSA) is 84.3 Å². The predicted octanol–water partition coefficient (Wildman–Crippen LogP) is 1.36. The van der Waals surface area contributed by atoms with Crippen molar-refractivity contribution in [1.29, 1.82) is 0 Å². The minimum atomic E-state index is -3.27. The van der Waals surface area contributed by atoms with E-state index in [2.05, 4.69) is 10.4 Å². The van der Waals surface area contributed by atoms with Crippen LogP contribution in [0.25, 0.3) is 0 Å². The van der Waals surface area contributed by atoms with Gasteiger partial charge >= 0.3 is 0 Å². The first-order valence-corrected chi connectivity index (χ1v) is 9.48. The minimum Gasteiger partial charge on any atom is -0.310 e. The summed E-state index contributed by atoms with van der Waals surface area (Å²) in [6, 6.07) is 2.10. The quantitative estimate of drug-likeness (QED) is 0.905. The molecular formula is C14H22N4O3S. The highest BCUT2D eigenvalue weighted by Gasteiger charge is 2.28. The van der Waals surface area contributed by atoms with E-state index in [4.69, 9.17) is 0 Å². The maximum absolute atomic E-state index is 12.2. The van der Waals surface area contributed by atoms with Crippen molar-refractivity contribution in [3.05, 3.63) is 12.3 Å². The average Bonchev–Trinajstić information content (AvgIpc) is 3.11. The summed E-state index contributed by atoms with van der Waals surface area (Å²) in [5.74, 6) is 0.497. The Morgan fingerprint density at radius 3 is 2.77 bits per heavy atom. The first-order valence-electron chi connectivity index (χ1n) is 7.87. The smallest absolute Gasteiger partial charge is 0.240 e. The number of sulfonamides is 1. The third-order valence-corrected chi connectivity index (χ3v) is 6.28. The predicted molar refractivity (Wildman–Crippen MR) is 83.0 cm³/mol. The summed E-state index contributed by atoms with van der Waals surface area (Å²) in [6.45, 7) is 0.315. The molecule has 7 nitrogen and oxygen atoms in total. The van der Waals surface area contributed by atoms with Crippen molar-refractivity contribution in [3.63, 3.8) is 0 Å². The van der Waals surface area contributed by atoms with Gasteiger partial charge in [0.05, 0.1) is 24.5 Å². The number of carbonyl (C=O) groups is 1. The van der Waals surface area contributed by atoms with Gasteiger partial charge in [0.2, 0.25) is 15.9 Å². The number of hydrogen-bond acceptors (Lipinski definition) is 4. The second kappa shape index (κ2) is 6.37. The molecule has 1 N–H and O–H groups in total. The van der Waals surface area contributed by atoms with Crippen LogP contribution >= 0.6 is 0 Å². The molecule has 2 heterocycles. The zero-order valence-corrected chi connectivity index (χ0v) is 13.4. The Hall–Kier alpha value is -1.41. The lowest BCUT2D eigenvalue weighted by Gasteiger charge is -2.25. The summed E-state index contributed by atoms with van der Waals surface area (Å²) < 4.78 is 27.0. The number of carbonyl (C=O) groups excluding carboxylic acids is 1. The molecule has 0 spiro atoms. The molecule has 122 valence electrons. The van der Waals surface area contributed by atoms with Crippen molar-refractivity contribution in [3.8, 4) is 0 Å². The molecule has 1 aliphatic carbocycles. The van der Waals surface area contributed by atoms with Crippen LogP contribution in [0.2, 0.25) is 0 Å². The van der Waals surface area contributed by atoms with E-state index in [1.54, 1.807) is 12.3 Å². The van der Waals surface area contributed by atoms with Crippen molar-refractivity contribution in [2.45, 2.75) is 44.6 Å². The highest BCUT2D eigenvalue weighted by molar-refractivity contribution is 7.89. The molecule has 1 saturated carbocycles. The van der Waals surface area contributed by atoms with Crippen LogP contribution in [0.1, 0.15) is 44.6 Å². The molecule has 1 aliphatic heterocycles. The van der Waals surface area contributed by atoms with Gasteiger partial charge in [-0.05, 0) is 25.7 Å². The lowest BCUT2D eigenvalue weighted by molar-refractivity contribution is -0.116. The number of anilines is 1. The maximum Gasteiger partial charge on any atom is 0.240 e. The molecular weight excluding hydrogens is 304 g/mol. The van der Waals surface area contributed by atoms with Gasteiger partial charge in [0.25, 0.3) is 0 Å². The highest BCUT2D eigenvalue weighted by Crippen LogP contribution is 2.31. The average molecular weight is 326 g/mol. The highest BCUT2D eigenvalue weighted by atomic mass is 32.2. The first-order chi connectivity index (χ1) is 10.6. The molecule has 0 atom stereocenters. The minimum absolute atomic E-state index is 0.113. The Labute approximate surface area is 130 Å². The Morgan fingerprint density at radius 1 is 1.27 bits per heavy atom. The third kappa shape index (κ3) is 3.33. The lowest BCUT2D eigenvalue weighted by Crippen LogP contribution is -2.42. The number of nitrogens with one attached hydrogen (secondary N) is 1. The second-order valence-electron chi connectivity index (χ2n) is 6.00. The molecule has 22 heavy (non-hydrogen) atoms. The van der Waals surface area contributed by atoms with Gasteiger partial charge in [0.1, 0.15) is 5.82 Å². The van der Waals surface area contributed by atoms with Crippen molar-refractivity contribution in [2.75, 3.05) is 24.2 Å².